The third-order valence-corrected chi connectivity index (χ3v) is 3.00. The Labute approximate surface area is 107 Å². The van der Waals surface area contributed by atoms with Crippen LogP contribution in [0.25, 0.3) is 10.9 Å². The second-order valence-corrected chi connectivity index (χ2v) is 4.51. The predicted octanol–water partition coefficient (Wildman–Crippen LogP) is 2.39. The summed E-state index contributed by atoms with van der Waals surface area (Å²) in [5, 5.41) is 13.2. The minimum Gasteiger partial charge on any atom is -0.398 e. The van der Waals surface area contributed by atoms with Gasteiger partial charge in [-0.15, -0.1) is 0 Å². The van der Waals surface area contributed by atoms with Crippen molar-refractivity contribution in [3.05, 3.63) is 30.5 Å². The summed E-state index contributed by atoms with van der Waals surface area (Å²) in [4.78, 5) is 4.38. The molecule has 0 aliphatic heterocycles. The van der Waals surface area contributed by atoms with Crippen molar-refractivity contribution >= 4 is 22.3 Å². The highest BCUT2D eigenvalue weighted by molar-refractivity contribution is 5.98. The van der Waals surface area contributed by atoms with Crippen molar-refractivity contribution < 1.29 is 5.11 Å². The summed E-state index contributed by atoms with van der Waals surface area (Å²) in [6.07, 6.45) is 3.50. The average molecular weight is 245 g/mol. The Morgan fingerprint density at radius 2 is 2.22 bits per heavy atom. The summed E-state index contributed by atoms with van der Waals surface area (Å²) in [6.45, 7) is 2.33. The van der Waals surface area contributed by atoms with Crippen molar-refractivity contribution in [2.75, 3.05) is 17.7 Å². The average Bonchev–Trinajstić information content (AvgIpc) is 2.40. The van der Waals surface area contributed by atoms with E-state index in [0.717, 1.165) is 35.1 Å². The van der Waals surface area contributed by atoms with E-state index in [0.29, 0.717) is 6.04 Å². The lowest BCUT2D eigenvalue weighted by molar-refractivity contribution is 0.282. The first-order chi connectivity index (χ1) is 8.72. The van der Waals surface area contributed by atoms with Crippen LogP contribution in [0.3, 0.4) is 0 Å². The number of benzene rings is 1. The largest absolute Gasteiger partial charge is 0.398 e. The van der Waals surface area contributed by atoms with E-state index in [1.165, 1.54) is 0 Å². The Morgan fingerprint density at radius 1 is 1.39 bits per heavy atom. The Hall–Kier alpha value is -1.81. The van der Waals surface area contributed by atoms with Gasteiger partial charge in [0.05, 0.1) is 11.2 Å². The SMILES string of the molecule is CC(CCCO)Nc1ccc(N)c2cccnc12. The van der Waals surface area contributed by atoms with Gasteiger partial charge in [0, 0.05) is 29.9 Å². The van der Waals surface area contributed by atoms with Crippen LogP contribution in [0.2, 0.25) is 0 Å². The van der Waals surface area contributed by atoms with Crippen molar-refractivity contribution in [3.63, 3.8) is 0 Å². The number of aliphatic hydroxyl groups is 1. The standard InChI is InChI=1S/C14H19N3O/c1-10(4-3-9-18)17-13-7-6-12(15)11-5-2-8-16-14(11)13/h2,5-8,10,17-18H,3-4,9,15H2,1H3. The van der Waals surface area contributed by atoms with Gasteiger partial charge >= 0.3 is 0 Å². The van der Waals surface area contributed by atoms with E-state index in [4.69, 9.17) is 10.8 Å². The van der Waals surface area contributed by atoms with Crippen molar-refractivity contribution in [1.29, 1.82) is 0 Å². The Balaban J connectivity index is 2.26. The zero-order valence-corrected chi connectivity index (χ0v) is 10.6. The van der Waals surface area contributed by atoms with E-state index in [1.54, 1.807) is 6.20 Å². The summed E-state index contributed by atoms with van der Waals surface area (Å²) in [5.74, 6) is 0. The zero-order valence-electron chi connectivity index (χ0n) is 10.6. The maximum atomic E-state index is 8.83. The number of nitrogen functional groups attached to an aromatic ring is 1. The lowest BCUT2D eigenvalue weighted by Crippen LogP contribution is -2.16. The zero-order chi connectivity index (χ0) is 13.0. The van der Waals surface area contributed by atoms with Gasteiger partial charge in [0.2, 0.25) is 0 Å². The quantitative estimate of drug-likeness (QED) is 0.707. The van der Waals surface area contributed by atoms with Crippen molar-refractivity contribution in [3.8, 4) is 0 Å². The fourth-order valence-electron chi connectivity index (χ4n) is 2.05. The Morgan fingerprint density at radius 3 is 3.00 bits per heavy atom. The van der Waals surface area contributed by atoms with Crippen LogP contribution in [0.1, 0.15) is 19.8 Å². The van der Waals surface area contributed by atoms with E-state index < -0.39 is 0 Å². The van der Waals surface area contributed by atoms with E-state index >= 15 is 0 Å². The number of pyridine rings is 1. The number of anilines is 2. The molecule has 2 aromatic rings. The van der Waals surface area contributed by atoms with Crippen molar-refractivity contribution in [1.82, 2.24) is 4.98 Å². The number of aliphatic hydroxyl groups excluding tert-OH is 1. The molecular weight excluding hydrogens is 226 g/mol. The molecule has 0 bridgehead atoms. The highest BCUT2D eigenvalue weighted by Crippen LogP contribution is 2.26. The summed E-state index contributed by atoms with van der Waals surface area (Å²) in [6, 6.07) is 8.01. The number of nitrogens with two attached hydrogens (primary N) is 1. The first-order valence-corrected chi connectivity index (χ1v) is 6.23. The van der Waals surface area contributed by atoms with Gasteiger partial charge in [-0.2, -0.15) is 0 Å². The van der Waals surface area contributed by atoms with E-state index in [2.05, 4.69) is 17.2 Å². The molecule has 4 nitrogen and oxygen atoms in total. The summed E-state index contributed by atoms with van der Waals surface area (Å²) in [5.41, 5.74) is 8.57. The van der Waals surface area contributed by atoms with E-state index in [-0.39, 0.29) is 6.61 Å². The molecule has 1 heterocycles. The lowest BCUT2D eigenvalue weighted by Gasteiger charge is -2.16. The fraction of sp³-hybridized carbons (Fsp3) is 0.357. The van der Waals surface area contributed by atoms with Crippen LogP contribution in [0.5, 0.6) is 0 Å². The molecule has 18 heavy (non-hydrogen) atoms. The Bertz CT molecular complexity index is 527. The third-order valence-electron chi connectivity index (χ3n) is 3.00. The highest BCUT2D eigenvalue weighted by Gasteiger charge is 2.07. The monoisotopic (exact) mass is 245 g/mol. The molecule has 1 aromatic carbocycles. The molecule has 1 aromatic heterocycles. The molecule has 0 saturated carbocycles. The van der Waals surface area contributed by atoms with Gasteiger partial charge in [-0.1, -0.05) is 0 Å². The van der Waals surface area contributed by atoms with Gasteiger partial charge < -0.3 is 16.2 Å². The fourth-order valence-corrected chi connectivity index (χ4v) is 2.05. The number of fused-ring (bicyclic) bond motifs is 1. The lowest BCUT2D eigenvalue weighted by atomic mass is 10.1. The molecule has 2 rings (SSSR count). The summed E-state index contributed by atoms with van der Waals surface area (Å²) < 4.78 is 0. The number of rotatable bonds is 5. The summed E-state index contributed by atoms with van der Waals surface area (Å²) >= 11 is 0. The first kappa shape index (κ1) is 12.6. The maximum absolute atomic E-state index is 8.83. The molecular formula is C14H19N3O. The molecule has 4 heteroatoms. The van der Waals surface area contributed by atoms with Crippen LogP contribution < -0.4 is 11.1 Å². The van der Waals surface area contributed by atoms with Gasteiger partial charge in [-0.25, -0.2) is 0 Å². The predicted molar refractivity (Wildman–Crippen MR) is 75.6 cm³/mol. The topological polar surface area (TPSA) is 71.2 Å². The number of hydrogen-bond acceptors (Lipinski definition) is 4. The molecule has 4 N–H and O–H groups in total. The molecule has 1 unspecified atom stereocenters. The number of aromatic nitrogens is 1. The smallest absolute Gasteiger partial charge is 0.0953 e. The van der Waals surface area contributed by atoms with Gasteiger partial charge in [-0.3, -0.25) is 4.98 Å². The van der Waals surface area contributed by atoms with Crippen LogP contribution >= 0.6 is 0 Å². The molecule has 96 valence electrons. The molecule has 0 radical (unpaired) electrons. The molecule has 0 saturated heterocycles. The second kappa shape index (κ2) is 5.69. The number of nitrogens with one attached hydrogen (secondary N) is 1. The molecule has 0 aliphatic carbocycles. The maximum Gasteiger partial charge on any atom is 0.0953 e. The number of hydrogen-bond donors (Lipinski definition) is 3. The first-order valence-electron chi connectivity index (χ1n) is 6.23. The molecule has 0 spiro atoms. The van der Waals surface area contributed by atoms with Crippen LogP contribution in [0, 0.1) is 0 Å². The molecule has 0 aliphatic rings. The Kier molecular flexibility index (Phi) is 3.99. The van der Waals surface area contributed by atoms with Gasteiger partial charge in [0.15, 0.2) is 0 Å². The third kappa shape index (κ3) is 2.71. The molecule has 1 atom stereocenters. The normalized spacial score (nSPS) is 12.6. The van der Waals surface area contributed by atoms with Crippen LogP contribution in [0.4, 0.5) is 11.4 Å². The van der Waals surface area contributed by atoms with Crippen LogP contribution in [-0.2, 0) is 0 Å². The van der Waals surface area contributed by atoms with Gasteiger partial charge in [-0.05, 0) is 44.0 Å². The van der Waals surface area contributed by atoms with Crippen molar-refractivity contribution in [2.45, 2.75) is 25.8 Å². The molecule has 0 amide bonds. The minimum atomic E-state index is 0.229. The number of nitrogens with zero attached hydrogens (tertiary/aromatic N) is 1. The molecule has 0 fully saturated rings. The van der Waals surface area contributed by atoms with Gasteiger partial charge in [0.1, 0.15) is 0 Å². The van der Waals surface area contributed by atoms with E-state index in [9.17, 15) is 0 Å². The van der Waals surface area contributed by atoms with Crippen LogP contribution in [-0.4, -0.2) is 22.7 Å². The second-order valence-electron chi connectivity index (χ2n) is 4.51. The summed E-state index contributed by atoms with van der Waals surface area (Å²) in [7, 11) is 0. The van der Waals surface area contributed by atoms with Crippen LogP contribution in [0.15, 0.2) is 30.5 Å². The van der Waals surface area contributed by atoms with E-state index in [1.807, 2.05) is 24.3 Å². The minimum absolute atomic E-state index is 0.229. The van der Waals surface area contributed by atoms with Gasteiger partial charge in [0.25, 0.3) is 0 Å². The highest BCUT2D eigenvalue weighted by atomic mass is 16.2. The van der Waals surface area contributed by atoms with Crippen molar-refractivity contribution in [2.24, 2.45) is 0 Å².